The third-order valence-electron chi connectivity index (χ3n) is 7.28. The fraction of sp³-hybridized carbons (Fsp3) is 0.370. The quantitative estimate of drug-likeness (QED) is 0.545. The summed E-state index contributed by atoms with van der Waals surface area (Å²) in [4.78, 5) is 16.5. The summed E-state index contributed by atoms with van der Waals surface area (Å²) in [6.07, 6.45) is 0.129. The minimum Gasteiger partial charge on any atom is -0.481 e. The number of carboxylic acids is 1. The fourth-order valence-electron chi connectivity index (χ4n) is 5.59. The smallest absolute Gasteiger partial charge is 0.303 e. The van der Waals surface area contributed by atoms with Gasteiger partial charge in [0.05, 0.1) is 11.3 Å². The van der Waals surface area contributed by atoms with Crippen molar-refractivity contribution >= 4 is 26.8 Å². The van der Waals surface area contributed by atoms with Crippen LogP contribution in [0.25, 0.3) is 10.8 Å². The highest BCUT2D eigenvalue weighted by Crippen LogP contribution is 2.30. The first-order valence-corrected chi connectivity index (χ1v) is 13.6. The van der Waals surface area contributed by atoms with Gasteiger partial charge in [0.25, 0.3) is 0 Å². The summed E-state index contributed by atoms with van der Waals surface area (Å²) in [5, 5.41) is 11.2. The standard InChI is InChI=1S/C27H31N3O4S/c31-27(32)17-23-19-28(18-21-7-2-1-3-8-21)20-25(23)29-13-15-30(16-14-29)35(33,34)26-12-6-10-22-9-4-5-11-24(22)26/h1-12,23,25H,13-20H2,(H,31,32). The Balaban J connectivity index is 1.29. The zero-order chi connectivity index (χ0) is 24.4. The molecular weight excluding hydrogens is 462 g/mol. The first kappa shape index (κ1) is 23.9. The van der Waals surface area contributed by atoms with Gasteiger partial charge in [-0.1, -0.05) is 66.7 Å². The predicted octanol–water partition coefficient (Wildman–Crippen LogP) is 3.12. The monoisotopic (exact) mass is 493 g/mol. The van der Waals surface area contributed by atoms with E-state index in [2.05, 4.69) is 21.9 Å². The minimum atomic E-state index is -3.62. The van der Waals surface area contributed by atoms with Crippen molar-refractivity contribution < 1.29 is 18.3 Å². The number of nitrogens with zero attached hydrogens (tertiary/aromatic N) is 3. The Morgan fingerprint density at radius 1 is 0.857 bits per heavy atom. The van der Waals surface area contributed by atoms with E-state index in [0.29, 0.717) is 31.1 Å². The molecule has 0 spiro atoms. The second kappa shape index (κ2) is 10.1. The summed E-state index contributed by atoms with van der Waals surface area (Å²) in [5.41, 5.74) is 1.22. The average molecular weight is 494 g/mol. The lowest BCUT2D eigenvalue weighted by Gasteiger charge is -2.39. The lowest BCUT2D eigenvalue weighted by molar-refractivity contribution is -0.138. The van der Waals surface area contributed by atoms with Crippen molar-refractivity contribution in [2.75, 3.05) is 39.3 Å². The van der Waals surface area contributed by atoms with Gasteiger partial charge in [0.2, 0.25) is 10.0 Å². The maximum absolute atomic E-state index is 13.5. The number of aliphatic carboxylic acids is 1. The van der Waals surface area contributed by atoms with Crippen molar-refractivity contribution in [2.45, 2.75) is 23.9 Å². The summed E-state index contributed by atoms with van der Waals surface area (Å²) in [6, 6.07) is 23.3. The zero-order valence-corrected chi connectivity index (χ0v) is 20.5. The number of rotatable bonds is 7. The van der Waals surface area contributed by atoms with Crippen LogP contribution in [0.2, 0.25) is 0 Å². The van der Waals surface area contributed by atoms with Crippen molar-refractivity contribution in [3.63, 3.8) is 0 Å². The van der Waals surface area contributed by atoms with E-state index in [1.165, 1.54) is 5.56 Å². The predicted molar refractivity (Wildman–Crippen MR) is 136 cm³/mol. The van der Waals surface area contributed by atoms with Gasteiger partial charge in [-0.3, -0.25) is 14.6 Å². The molecule has 2 unspecified atom stereocenters. The molecule has 2 aliphatic rings. The summed E-state index contributed by atoms with van der Waals surface area (Å²) in [5.74, 6) is -0.754. The summed E-state index contributed by atoms with van der Waals surface area (Å²) in [7, 11) is -3.62. The molecule has 5 rings (SSSR count). The highest BCUT2D eigenvalue weighted by atomic mass is 32.2. The topological polar surface area (TPSA) is 81.2 Å². The van der Waals surface area contributed by atoms with Crippen LogP contribution in [0.4, 0.5) is 0 Å². The number of hydrogen-bond acceptors (Lipinski definition) is 5. The van der Waals surface area contributed by atoms with Gasteiger partial charge < -0.3 is 5.11 Å². The Bertz CT molecular complexity index is 1280. The highest BCUT2D eigenvalue weighted by molar-refractivity contribution is 7.89. The van der Waals surface area contributed by atoms with E-state index in [-0.39, 0.29) is 18.4 Å². The number of piperazine rings is 1. The molecule has 35 heavy (non-hydrogen) atoms. The van der Waals surface area contributed by atoms with Gasteiger partial charge in [-0.15, -0.1) is 0 Å². The molecule has 0 bridgehead atoms. The molecule has 184 valence electrons. The third kappa shape index (κ3) is 5.11. The second-order valence-corrected chi connectivity index (χ2v) is 11.4. The van der Waals surface area contributed by atoms with Gasteiger partial charge in [-0.25, -0.2) is 8.42 Å². The Morgan fingerprint density at radius 2 is 1.54 bits per heavy atom. The minimum absolute atomic E-state index is 0.0254. The van der Waals surface area contributed by atoms with Gasteiger partial charge in [0, 0.05) is 57.2 Å². The van der Waals surface area contributed by atoms with E-state index in [0.717, 1.165) is 30.4 Å². The molecule has 0 aromatic heterocycles. The van der Waals surface area contributed by atoms with Gasteiger partial charge in [-0.2, -0.15) is 4.31 Å². The van der Waals surface area contributed by atoms with E-state index in [1.807, 2.05) is 48.5 Å². The SMILES string of the molecule is O=C(O)CC1CN(Cc2ccccc2)CC1N1CCN(S(=O)(=O)c2cccc3ccccc23)CC1. The number of carbonyl (C=O) groups is 1. The molecule has 2 fully saturated rings. The lowest BCUT2D eigenvalue weighted by Crippen LogP contribution is -2.54. The van der Waals surface area contributed by atoms with Gasteiger partial charge in [0.1, 0.15) is 0 Å². The number of benzene rings is 3. The van der Waals surface area contributed by atoms with Crippen LogP contribution in [0.15, 0.2) is 77.7 Å². The van der Waals surface area contributed by atoms with Crippen molar-refractivity contribution in [2.24, 2.45) is 5.92 Å². The van der Waals surface area contributed by atoms with E-state index in [4.69, 9.17) is 0 Å². The van der Waals surface area contributed by atoms with Crippen molar-refractivity contribution in [1.82, 2.24) is 14.1 Å². The van der Waals surface area contributed by atoms with E-state index in [1.54, 1.807) is 16.4 Å². The molecule has 0 amide bonds. The van der Waals surface area contributed by atoms with Crippen LogP contribution in [0.5, 0.6) is 0 Å². The van der Waals surface area contributed by atoms with Crippen LogP contribution in [0.1, 0.15) is 12.0 Å². The molecule has 7 nitrogen and oxygen atoms in total. The molecule has 3 aromatic carbocycles. The van der Waals surface area contributed by atoms with E-state index >= 15 is 0 Å². The Kier molecular flexibility index (Phi) is 6.88. The van der Waals surface area contributed by atoms with Gasteiger partial charge >= 0.3 is 5.97 Å². The molecule has 0 radical (unpaired) electrons. The normalized spacial score (nSPS) is 22.5. The lowest BCUT2D eigenvalue weighted by atomic mass is 9.98. The van der Waals surface area contributed by atoms with Crippen molar-refractivity contribution in [1.29, 1.82) is 0 Å². The molecule has 3 aromatic rings. The molecule has 8 heteroatoms. The zero-order valence-electron chi connectivity index (χ0n) is 19.7. The first-order valence-electron chi connectivity index (χ1n) is 12.1. The van der Waals surface area contributed by atoms with Crippen molar-refractivity contribution in [3.05, 3.63) is 78.4 Å². The number of fused-ring (bicyclic) bond motifs is 1. The summed E-state index contributed by atoms with van der Waals surface area (Å²) < 4.78 is 28.6. The fourth-order valence-corrected chi connectivity index (χ4v) is 7.22. The third-order valence-corrected chi connectivity index (χ3v) is 9.23. The number of likely N-dealkylation sites (tertiary alicyclic amines) is 1. The van der Waals surface area contributed by atoms with Crippen molar-refractivity contribution in [3.8, 4) is 0 Å². The first-order chi connectivity index (χ1) is 16.9. The second-order valence-electron chi connectivity index (χ2n) is 9.52. The molecule has 2 aliphatic heterocycles. The Labute approximate surface area is 206 Å². The maximum atomic E-state index is 13.5. The van der Waals surface area contributed by atoms with Gasteiger partial charge in [0.15, 0.2) is 0 Å². The molecule has 2 atom stereocenters. The number of hydrogen-bond donors (Lipinski definition) is 1. The Morgan fingerprint density at radius 3 is 2.29 bits per heavy atom. The highest BCUT2D eigenvalue weighted by Gasteiger charge is 2.40. The van der Waals surface area contributed by atoms with Crippen LogP contribution in [-0.2, 0) is 21.4 Å². The molecule has 2 heterocycles. The Hall–Kier alpha value is -2.78. The number of carboxylic acid groups (broad SMARTS) is 1. The van der Waals surface area contributed by atoms with Crippen LogP contribution < -0.4 is 0 Å². The summed E-state index contributed by atoms with van der Waals surface area (Å²) in [6.45, 7) is 4.33. The van der Waals surface area contributed by atoms with E-state index in [9.17, 15) is 18.3 Å². The van der Waals surface area contributed by atoms with Crippen LogP contribution in [0.3, 0.4) is 0 Å². The number of sulfonamides is 1. The summed E-state index contributed by atoms with van der Waals surface area (Å²) >= 11 is 0. The molecule has 0 aliphatic carbocycles. The van der Waals surface area contributed by atoms with Crippen LogP contribution in [-0.4, -0.2) is 78.9 Å². The molecular formula is C27H31N3O4S. The molecule has 2 saturated heterocycles. The van der Waals surface area contributed by atoms with Crippen LogP contribution in [0, 0.1) is 5.92 Å². The molecule has 1 N–H and O–H groups in total. The van der Waals surface area contributed by atoms with Crippen LogP contribution >= 0.6 is 0 Å². The average Bonchev–Trinajstić information content (AvgIpc) is 3.25. The maximum Gasteiger partial charge on any atom is 0.303 e. The largest absolute Gasteiger partial charge is 0.481 e. The molecule has 0 saturated carbocycles. The van der Waals surface area contributed by atoms with E-state index < -0.39 is 16.0 Å². The van der Waals surface area contributed by atoms with Gasteiger partial charge in [-0.05, 0) is 22.9 Å².